The van der Waals surface area contributed by atoms with E-state index in [0.717, 1.165) is 6.42 Å². The highest BCUT2D eigenvalue weighted by molar-refractivity contribution is 6.31. The number of carbonyl (C=O) groups is 1. The molecule has 0 saturated heterocycles. The molecule has 2 N–H and O–H groups in total. The van der Waals surface area contributed by atoms with Gasteiger partial charge >= 0.3 is 5.97 Å². The maximum Gasteiger partial charge on any atom is 0.337 e. The van der Waals surface area contributed by atoms with Gasteiger partial charge in [-0.25, -0.2) is 4.79 Å². The van der Waals surface area contributed by atoms with Gasteiger partial charge in [-0.05, 0) is 24.6 Å². The number of carboxylic acid groups (broad SMARTS) is 1. The fourth-order valence-corrected chi connectivity index (χ4v) is 1.43. The van der Waals surface area contributed by atoms with Crippen molar-refractivity contribution in [2.45, 2.75) is 12.8 Å². The number of halogens is 1. The number of carboxylic acids is 1. The van der Waals surface area contributed by atoms with Gasteiger partial charge in [0.25, 0.3) is 0 Å². The lowest BCUT2D eigenvalue weighted by Gasteiger charge is -2.09. The van der Waals surface area contributed by atoms with Gasteiger partial charge < -0.3 is 10.4 Å². The van der Waals surface area contributed by atoms with Crippen molar-refractivity contribution in [1.29, 1.82) is 0 Å². The van der Waals surface area contributed by atoms with Gasteiger partial charge in [0, 0.05) is 18.0 Å². The Morgan fingerprint density at radius 1 is 1.56 bits per heavy atom. The summed E-state index contributed by atoms with van der Waals surface area (Å²) in [4.78, 5) is 10.9. The number of aromatic carboxylic acids is 1. The molecule has 0 aromatic heterocycles. The Morgan fingerprint density at radius 3 is 2.94 bits per heavy atom. The standard InChI is InChI=1S/C12H12ClNO2/c1-2-3-4-7-14-11-8-9(13)5-6-10(11)12(15)16/h1,5-6,8,14H,3-4,7H2,(H,15,16). The van der Waals surface area contributed by atoms with E-state index in [4.69, 9.17) is 23.1 Å². The molecule has 0 radical (unpaired) electrons. The molecule has 3 nitrogen and oxygen atoms in total. The highest BCUT2D eigenvalue weighted by atomic mass is 35.5. The lowest BCUT2D eigenvalue weighted by atomic mass is 10.1. The average Bonchev–Trinajstić information content (AvgIpc) is 2.24. The predicted molar refractivity (Wildman–Crippen MR) is 65.0 cm³/mol. The largest absolute Gasteiger partial charge is 0.478 e. The SMILES string of the molecule is C#CCCCNc1cc(Cl)ccc1C(=O)O. The van der Waals surface area contributed by atoms with Crippen LogP contribution in [0.25, 0.3) is 0 Å². The van der Waals surface area contributed by atoms with Crippen molar-refractivity contribution >= 4 is 23.3 Å². The van der Waals surface area contributed by atoms with E-state index in [2.05, 4.69) is 11.2 Å². The highest BCUT2D eigenvalue weighted by Crippen LogP contribution is 2.21. The molecular weight excluding hydrogens is 226 g/mol. The lowest BCUT2D eigenvalue weighted by molar-refractivity contribution is 0.0698. The van der Waals surface area contributed by atoms with Gasteiger partial charge in [-0.1, -0.05) is 11.6 Å². The Hall–Kier alpha value is -1.66. The summed E-state index contributed by atoms with van der Waals surface area (Å²) in [5, 5.41) is 12.5. The molecule has 0 heterocycles. The van der Waals surface area contributed by atoms with E-state index in [0.29, 0.717) is 23.7 Å². The lowest BCUT2D eigenvalue weighted by Crippen LogP contribution is -2.07. The van der Waals surface area contributed by atoms with Gasteiger partial charge in [-0.2, -0.15) is 0 Å². The van der Waals surface area contributed by atoms with Crippen LogP contribution in [0.5, 0.6) is 0 Å². The van der Waals surface area contributed by atoms with Crippen molar-refractivity contribution in [3.05, 3.63) is 28.8 Å². The number of nitrogens with one attached hydrogen (secondary N) is 1. The molecular formula is C12H12ClNO2. The fourth-order valence-electron chi connectivity index (χ4n) is 1.26. The van der Waals surface area contributed by atoms with Crippen molar-refractivity contribution in [2.24, 2.45) is 0 Å². The summed E-state index contributed by atoms with van der Waals surface area (Å²) < 4.78 is 0. The van der Waals surface area contributed by atoms with Crippen LogP contribution in [-0.2, 0) is 0 Å². The Balaban J connectivity index is 2.73. The van der Waals surface area contributed by atoms with Crippen molar-refractivity contribution in [1.82, 2.24) is 0 Å². The molecule has 1 aromatic rings. The third-order valence-electron chi connectivity index (χ3n) is 2.03. The number of unbranched alkanes of at least 4 members (excludes halogenated alkanes) is 1. The number of rotatable bonds is 5. The first-order valence-corrected chi connectivity index (χ1v) is 5.23. The molecule has 1 aromatic carbocycles. The van der Waals surface area contributed by atoms with Crippen LogP contribution < -0.4 is 5.32 Å². The van der Waals surface area contributed by atoms with Crippen LogP contribution in [0, 0.1) is 12.3 Å². The van der Waals surface area contributed by atoms with Crippen molar-refractivity contribution in [3.63, 3.8) is 0 Å². The molecule has 0 amide bonds. The summed E-state index contributed by atoms with van der Waals surface area (Å²) >= 11 is 5.80. The molecule has 0 saturated carbocycles. The van der Waals surface area contributed by atoms with Crippen LogP contribution in [0.4, 0.5) is 5.69 Å². The van der Waals surface area contributed by atoms with Gasteiger partial charge in [0.2, 0.25) is 0 Å². The molecule has 0 unspecified atom stereocenters. The highest BCUT2D eigenvalue weighted by Gasteiger charge is 2.09. The zero-order valence-electron chi connectivity index (χ0n) is 8.66. The number of benzene rings is 1. The van der Waals surface area contributed by atoms with E-state index in [9.17, 15) is 4.79 Å². The molecule has 0 fully saturated rings. The van der Waals surface area contributed by atoms with Crippen molar-refractivity contribution in [2.75, 3.05) is 11.9 Å². The molecule has 4 heteroatoms. The second-order valence-corrected chi connectivity index (χ2v) is 3.67. The van der Waals surface area contributed by atoms with E-state index in [-0.39, 0.29) is 5.56 Å². The molecule has 0 bridgehead atoms. The summed E-state index contributed by atoms with van der Waals surface area (Å²) in [5.74, 6) is 1.54. The van der Waals surface area contributed by atoms with Crippen molar-refractivity contribution < 1.29 is 9.90 Å². The first-order chi connectivity index (χ1) is 7.65. The molecule has 16 heavy (non-hydrogen) atoms. The number of hydrogen-bond donors (Lipinski definition) is 2. The Morgan fingerprint density at radius 2 is 2.31 bits per heavy atom. The van der Waals surface area contributed by atoms with Gasteiger partial charge in [-0.15, -0.1) is 12.3 Å². The van der Waals surface area contributed by atoms with E-state index in [1.54, 1.807) is 12.1 Å². The first kappa shape index (κ1) is 12.4. The molecule has 0 atom stereocenters. The fraction of sp³-hybridized carbons (Fsp3) is 0.250. The minimum atomic E-state index is -0.976. The van der Waals surface area contributed by atoms with Crippen LogP contribution in [0.1, 0.15) is 23.2 Å². The predicted octanol–water partition coefficient (Wildman–Crippen LogP) is 2.86. The Labute approximate surface area is 99.4 Å². The van der Waals surface area contributed by atoms with Gasteiger partial charge in [0.15, 0.2) is 0 Å². The van der Waals surface area contributed by atoms with Crippen LogP contribution in [0.15, 0.2) is 18.2 Å². The van der Waals surface area contributed by atoms with Crippen LogP contribution in [0.3, 0.4) is 0 Å². The van der Waals surface area contributed by atoms with E-state index < -0.39 is 5.97 Å². The number of terminal acetylenes is 1. The smallest absolute Gasteiger partial charge is 0.337 e. The molecule has 0 spiro atoms. The minimum Gasteiger partial charge on any atom is -0.478 e. The summed E-state index contributed by atoms with van der Waals surface area (Å²) in [7, 11) is 0. The Bertz CT molecular complexity index is 424. The summed E-state index contributed by atoms with van der Waals surface area (Å²) in [6, 6.07) is 4.63. The molecule has 0 aliphatic rings. The van der Waals surface area contributed by atoms with Crippen LogP contribution in [0.2, 0.25) is 5.02 Å². The molecule has 1 rings (SSSR count). The van der Waals surface area contributed by atoms with Crippen LogP contribution in [-0.4, -0.2) is 17.6 Å². The summed E-state index contributed by atoms with van der Waals surface area (Å²) in [5.41, 5.74) is 0.738. The number of hydrogen-bond acceptors (Lipinski definition) is 2. The normalized spacial score (nSPS) is 9.50. The van der Waals surface area contributed by atoms with E-state index in [1.807, 2.05) is 0 Å². The van der Waals surface area contributed by atoms with Gasteiger partial charge in [0.1, 0.15) is 0 Å². The summed E-state index contributed by atoms with van der Waals surface area (Å²) in [6.45, 7) is 0.630. The van der Waals surface area contributed by atoms with E-state index >= 15 is 0 Å². The third kappa shape index (κ3) is 3.48. The zero-order valence-corrected chi connectivity index (χ0v) is 9.42. The molecule has 0 aliphatic heterocycles. The topological polar surface area (TPSA) is 49.3 Å². The molecule has 0 aliphatic carbocycles. The maximum atomic E-state index is 10.9. The van der Waals surface area contributed by atoms with Gasteiger partial charge in [0.05, 0.1) is 11.3 Å². The van der Waals surface area contributed by atoms with Crippen LogP contribution >= 0.6 is 11.6 Å². The minimum absolute atomic E-state index is 0.213. The first-order valence-electron chi connectivity index (χ1n) is 4.85. The summed E-state index contributed by atoms with van der Waals surface area (Å²) in [6.07, 6.45) is 6.57. The second kappa shape index (κ2) is 6.04. The third-order valence-corrected chi connectivity index (χ3v) is 2.26. The van der Waals surface area contributed by atoms with E-state index in [1.165, 1.54) is 6.07 Å². The maximum absolute atomic E-state index is 10.9. The monoisotopic (exact) mass is 237 g/mol. The van der Waals surface area contributed by atoms with Crippen molar-refractivity contribution in [3.8, 4) is 12.3 Å². The molecule has 84 valence electrons. The average molecular weight is 238 g/mol. The number of anilines is 1. The second-order valence-electron chi connectivity index (χ2n) is 3.23. The zero-order chi connectivity index (χ0) is 12.0. The van der Waals surface area contributed by atoms with Gasteiger partial charge in [-0.3, -0.25) is 0 Å². The quantitative estimate of drug-likeness (QED) is 0.612. The Kier molecular flexibility index (Phi) is 4.68.